The lowest BCUT2D eigenvalue weighted by Crippen LogP contribution is -2.17. The Morgan fingerprint density at radius 2 is 0.968 bits per heavy atom. The molecule has 3 aromatic rings. The van der Waals surface area contributed by atoms with Crippen molar-refractivity contribution < 1.29 is 8.42 Å². The Bertz CT molecular complexity index is 1180. The highest BCUT2D eigenvalue weighted by Gasteiger charge is 2.11. The molecule has 8 heteroatoms. The van der Waals surface area contributed by atoms with Gasteiger partial charge in [0.25, 0.3) is 0 Å². The van der Waals surface area contributed by atoms with Crippen LogP contribution in [0.3, 0.4) is 0 Å². The number of azo groups is 2. The third-order valence-electron chi connectivity index (χ3n) is 5.00. The Hall–Kier alpha value is -3.39. The smallest absolute Gasteiger partial charge is 0.175 e. The van der Waals surface area contributed by atoms with Crippen molar-refractivity contribution >= 4 is 38.3 Å². The van der Waals surface area contributed by atoms with E-state index in [9.17, 15) is 8.42 Å². The molecule has 0 N–H and O–H groups in total. The zero-order valence-electron chi connectivity index (χ0n) is 17.2. The molecule has 1 aliphatic heterocycles. The lowest BCUT2D eigenvalue weighted by molar-refractivity contribution is 0.602. The van der Waals surface area contributed by atoms with Crippen molar-refractivity contribution in [3.05, 3.63) is 72.8 Å². The van der Waals surface area contributed by atoms with Gasteiger partial charge in [-0.15, -0.1) is 0 Å². The topological polar surface area (TPSA) is 86.8 Å². The van der Waals surface area contributed by atoms with Gasteiger partial charge in [0, 0.05) is 25.0 Å². The van der Waals surface area contributed by atoms with Crippen LogP contribution in [-0.2, 0) is 9.84 Å². The predicted octanol–water partition coefficient (Wildman–Crippen LogP) is 6.52. The first-order valence-corrected chi connectivity index (χ1v) is 12.0. The van der Waals surface area contributed by atoms with E-state index in [1.54, 1.807) is 24.3 Å². The van der Waals surface area contributed by atoms with Crippen molar-refractivity contribution in [2.45, 2.75) is 17.7 Å². The maximum absolute atomic E-state index is 11.5. The summed E-state index contributed by atoms with van der Waals surface area (Å²) in [4.78, 5) is 2.64. The largest absolute Gasteiger partial charge is 0.372 e. The van der Waals surface area contributed by atoms with E-state index >= 15 is 0 Å². The zero-order valence-corrected chi connectivity index (χ0v) is 18.0. The molecule has 1 heterocycles. The van der Waals surface area contributed by atoms with Crippen molar-refractivity contribution in [1.29, 1.82) is 0 Å². The first-order valence-electron chi connectivity index (χ1n) is 10.1. The van der Waals surface area contributed by atoms with Gasteiger partial charge in [0.15, 0.2) is 9.84 Å². The fourth-order valence-electron chi connectivity index (χ4n) is 3.28. The summed E-state index contributed by atoms with van der Waals surface area (Å²) < 4.78 is 23.0. The van der Waals surface area contributed by atoms with E-state index in [1.165, 1.54) is 36.9 Å². The molecule has 0 spiro atoms. The molecule has 158 valence electrons. The van der Waals surface area contributed by atoms with Crippen LogP contribution in [0, 0.1) is 0 Å². The lowest BCUT2D eigenvalue weighted by Gasteiger charge is -2.17. The molecule has 0 aliphatic carbocycles. The van der Waals surface area contributed by atoms with Crippen molar-refractivity contribution in [2.24, 2.45) is 20.5 Å². The maximum atomic E-state index is 11.5. The minimum absolute atomic E-state index is 0.256. The second kappa shape index (κ2) is 9.18. The van der Waals surface area contributed by atoms with Gasteiger partial charge < -0.3 is 4.90 Å². The van der Waals surface area contributed by atoms with Crippen LogP contribution in [0.15, 0.2) is 98.1 Å². The molecule has 1 aliphatic rings. The Morgan fingerprint density at radius 1 is 0.613 bits per heavy atom. The summed E-state index contributed by atoms with van der Waals surface area (Å²) in [5.74, 6) is 0. The number of nitrogens with zero attached hydrogens (tertiary/aromatic N) is 5. The van der Waals surface area contributed by atoms with Crippen LogP contribution in [0.5, 0.6) is 0 Å². The summed E-state index contributed by atoms with van der Waals surface area (Å²) in [5, 5.41) is 16.9. The number of anilines is 1. The van der Waals surface area contributed by atoms with E-state index in [0.29, 0.717) is 11.4 Å². The van der Waals surface area contributed by atoms with E-state index < -0.39 is 9.84 Å². The molecule has 3 aromatic carbocycles. The highest BCUT2D eigenvalue weighted by Crippen LogP contribution is 2.26. The van der Waals surface area contributed by atoms with Crippen LogP contribution in [-0.4, -0.2) is 27.8 Å². The first kappa shape index (κ1) is 20.9. The predicted molar refractivity (Wildman–Crippen MR) is 122 cm³/mol. The Balaban J connectivity index is 1.37. The van der Waals surface area contributed by atoms with Gasteiger partial charge in [-0.2, -0.15) is 20.5 Å². The standard InChI is InChI=1S/C23H23N5O2S/c1-31(29,30)23-14-10-21(11-15-23)27-25-19-6-4-18(5-7-19)24-26-20-8-12-22(13-9-20)28-16-2-3-17-28/h4-15H,2-3,16-17H2,1H3. The average molecular weight is 434 g/mol. The number of sulfone groups is 1. The Labute approximate surface area is 182 Å². The van der Waals surface area contributed by atoms with Crippen LogP contribution in [0.25, 0.3) is 0 Å². The molecule has 0 unspecified atom stereocenters. The molecule has 4 rings (SSSR count). The Kier molecular flexibility index (Phi) is 6.18. The molecule has 0 atom stereocenters. The van der Waals surface area contributed by atoms with Crippen molar-refractivity contribution in [1.82, 2.24) is 0 Å². The van der Waals surface area contributed by atoms with Gasteiger partial charge in [0.2, 0.25) is 0 Å². The van der Waals surface area contributed by atoms with Gasteiger partial charge in [-0.1, -0.05) is 0 Å². The fourth-order valence-corrected chi connectivity index (χ4v) is 3.91. The number of hydrogen-bond acceptors (Lipinski definition) is 7. The number of hydrogen-bond donors (Lipinski definition) is 0. The van der Waals surface area contributed by atoms with Crippen LogP contribution in [0.2, 0.25) is 0 Å². The van der Waals surface area contributed by atoms with Crippen molar-refractivity contribution in [3.8, 4) is 0 Å². The van der Waals surface area contributed by atoms with E-state index in [2.05, 4.69) is 37.5 Å². The van der Waals surface area contributed by atoms with E-state index in [4.69, 9.17) is 0 Å². The molecular formula is C23H23N5O2S. The van der Waals surface area contributed by atoms with Crippen molar-refractivity contribution in [2.75, 3.05) is 24.2 Å². The zero-order chi connectivity index (χ0) is 21.7. The summed E-state index contributed by atoms with van der Waals surface area (Å²) in [6.07, 6.45) is 3.69. The van der Waals surface area contributed by atoms with Gasteiger partial charge in [0.05, 0.1) is 27.6 Å². The summed E-state index contributed by atoms with van der Waals surface area (Å²) in [7, 11) is -3.22. The third kappa shape index (κ3) is 5.61. The summed E-state index contributed by atoms with van der Waals surface area (Å²) in [5.41, 5.74) is 4.01. The molecular weight excluding hydrogens is 410 g/mol. The van der Waals surface area contributed by atoms with Crippen LogP contribution in [0.1, 0.15) is 12.8 Å². The Morgan fingerprint density at radius 3 is 1.35 bits per heavy atom. The second-order valence-corrected chi connectivity index (χ2v) is 9.41. The SMILES string of the molecule is CS(=O)(=O)c1ccc(N=Nc2ccc(N=Nc3ccc(N4CCCC4)cc3)cc2)cc1. The molecule has 0 amide bonds. The van der Waals surface area contributed by atoms with Gasteiger partial charge in [-0.3, -0.25) is 0 Å². The summed E-state index contributed by atoms with van der Waals surface area (Å²) >= 11 is 0. The summed E-state index contributed by atoms with van der Waals surface area (Å²) in [6, 6.07) is 21.7. The average Bonchev–Trinajstić information content (AvgIpc) is 3.32. The third-order valence-corrected chi connectivity index (χ3v) is 6.13. The van der Waals surface area contributed by atoms with Gasteiger partial charge in [0.1, 0.15) is 0 Å². The fraction of sp³-hybridized carbons (Fsp3) is 0.217. The van der Waals surface area contributed by atoms with Gasteiger partial charge >= 0.3 is 0 Å². The monoisotopic (exact) mass is 433 g/mol. The van der Waals surface area contributed by atoms with E-state index in [-0.39, 0.29) is 4.90 Å². The molecule has 1 fully saturated rings. The first-order chi connectivity index (χ1) is 15.0. The van der Waals surface area contributed by atoms with Gasteiger partial charge in [-0.25, -0.2) is 8.42 Å². The normalized spacial score (nSPS) is 14.7. The van der Waals surface area contributed by atoms with Crippen LogP contribution >= 0.6 is 0 Å². The highest BCUT2D eigenvalue weighted by molar-refractivity contribution is 7.90. The minimum atomic E-state index is -3.22. The maximum Gasteiger partial charge on any atom is 0.175 e. The lowest BCUT2D eigenvalue weighted by atomic mass is 10.2. The number of benzene rings is 3. The molecule has 0 saturated carbocycles. The molecule has 0 aromatic heterocycles. The quantitative estimate of drug-likeness (QED) is 0.415. The summed E-state index contributed by atoms with van der Waals surface area (Å²) in [6.45, 7) is 2.24. The number of rotatable bonds is 6. The minimum Gasteiger partial charge on any atom is -0.372 e. The van der Waals surface area contributed by atoms with Crippen molar-refractivity contribution in [3.63, 3.8) is 0 Å². The molecule has 0 bridgehead atoms. The molecule has 7 nitrogen and oxygen atoms in total. The highest BCUT2D eigenvalue weighted by atomic mass is 32.2. The molecule has 31 heavy (non-hydrogen) atoms. The van der Waals surface area contributed by atoms with Crippen LogP contribution < -0.4 is 4.90 Å². The second-order valence-electron chi connectivity index (χ2n) is 7.39. The molecule has 0 radical (unpaired) electrons. The molecule has 1 saturated heterocycles. The van der Waals surface area contributed by atoms with E-state index in [1.807, 2.05) is 24.3 Å². The van der Waals surface area contributed by atoms with Gasteiger partial charge in [-0.05, 0) is 85.6 Å². The van der Waals surface area contributed by atoms with Crippen LogP contribution in [0.4, 0.5) is 28.4 Å². The van der Waals surface area contributed by atoms with E-state index in [0.717, 1.165) is 24.5 Å².